The molecule has 0 saturated heterocycles. The van der Waals surface area contributed by atoms with E-state index in [2.05, 4.69) is 24.3 Å². The van der Waals surface area contributed by atoms with Gasteiger partial charge in [-0.25, -0.2) is 0 Å². The summed E-state index contributed by atoms with van der Waals surface area (Å²) in [7, 11) is 0. The van der Waals surface area contributed by atoms with Crippen LogP contribution in [0.25, 0.3) is 0 Å². The van der Waals surface area contributed by atoms with E-state index >= 15 is 0 Å². The summed E-state index contributed by atoms with van der Waals surface area (Å²) in [6.07, 6.45) is 10.1. The molecule has 1 fully saturated rings. The van der Waals surface area contributed by atoms with Crippen molar-refractivity contribution in [2.24, 2.45) is 23.3 Å². The molecule has 1 aliphatic rings. The van der Waals surface area contributed by atoms with Gasteiger partial charge in [-0.05, 0) is 55.1 Å². The Hall–Kier alpha value is -2.62. The predicted octanol–water partition coefficient (Wildman–Crippen LogP) is 4.63. The van der Waals surface area contributed by atoms with Gasteiger partial charge in [0.15, 0.2) is 0 Å². The van der Waals surface area contributed by atoms with Gasteiger partial charge < -0.3 is 11.5 Å². The molecule has 2 aromatic rings. The van der Waals surface area contributed by atoms with Crippen LogP contribution in [0.15, 0.2) is 48.5 Å². The van der Waals surface area contributed by atoms with Gasteiger partial charge in [-0.2, -0.15) is 0 Å². The van der Waals surface area contributed by atoms with Crippen molar-refractivity contribution in [3.63, 3.8) is 0 Å². The minimum absolute atomic E-state index is 0.137. The van der Waals surface area contributed by atoms with Crippen LogP contribution >= 0.6 is 0 Å². The number of hydrogen-bond acceptors (Lipinski definition) is 2. The smallest absolute Gasteiger partial charge is 0.122 e. The van der Waals surface area contributed by atoms with E-state index < -0.39 is 0 Å². The zero-order valence-corrected chi connectivity index (χ0v) is 16.6. The third kappa shape index (κ3) is 5.69. The molecule has 6 N–H and O–H groups in total. The Kier molecular flexibility index (Phi) is 6.85. The summed E-state index contributed by atoms with van der Waals surface area (Å²) in [5.74, 6) is 1.92. The second-order valence-electron chi connectivity index (χ2n) is 8.20. The first-order chi connectivity index (χ1) is 13.5. The molecule has 1 unspecified atom stereocenters. The molecule has 28 heavy (non-hydrogen) atoms. The van der Waals surface area contributed by atoms with Gasteiger partial charge in [-0.15, -0.1) is 0 Å². The van der Waals surface area contributed by atoms with Crippen molar-refractivity contribution in [1.82, 2.24) is 0 Å². The zero-order chi connectivity index (χ0) is 19.9. The van der Waals surface area contributed by atoms with Crippen molar-refractivity contribution in [2.75, 3.05) is 0 Å². The summed E-state index contributed by atoms with van der Waals surface area (Å²) in [6, 6.07) is 16.3. The van der Waals surface area contributed by atoms with E-state index in [9.17, 15) is 0 Å². The van der Waals surface area contributed by atoms with E-state index in [1.807, 2.05) is 24.3 Å². The van der Waals surface area contributed by atoms with Crippen LogP contribution in [0.3, 0.4) is 0 Å². The van der Waals surface area contributed by atoms with Crippen LogP contribution in [0, 0.1) is 22.7 Å². The molecule has 0 spiro atoms. The molecule has 148 valence electrons. The Labute approximate surface area is 168 Å². The molecule has 2 atom stereocenters. The van der Waals surface area contributed by atoms with E-state index in [1.54, 1.807) is 0 Å². The van der Waals surface area contributed by atoms with Crippen molar-refractivity contribution in [2.45, 2.75) is 51.4 Å². The van der Waals surface area contributed by atoms with Gasteiger partial charge in [0.2, 0.25) is 0 Å². The first kappa shape index (κ1) is 20.1. The number of nitrogen functional groups attached to an aromatic ring is 2. The van der Waals surface area contributed by atoms with E-state index in [1.165, 1.54) is 49.7 Å². The maximum absolute atomic E-state index is 7.48. The summed E-state index contributed by atoms with van der Waals surface area (Å²) >= 11 is 0. The molecule has 3 rings (SSSR count). The third-order valence-corrected chi connectivity index (χ3v) is 6.10. The Morgan fingerprint density at radius 1 is 0.714 bits per heavy atom. The molecule has 0 amide bonds. The molecule has 1 aliphatic carbocycles. The molecule has 2 aromatic carbocycles. The fourth-order valence-corrected chi connectivity index (χ4v) is 4.37. The minimum Gasteiger partial charge on any atom is -0.384 e. The van der Waals surface area contributed by atoms with Gasteiger partial charge in [-0.3, -0.25) is 10.8 Å². The lowest BCUT2D eigenvalue weighted by Crippen LogP contribution is -2.17. The Morgan fingerprint density at radius 2 is 1.11 bits per heavy atom. The second-order valence-corrected chi connectivity index (χ2v) is 8.20. The topological polar surface area (TPSA) is 99.7 Å². The van der Waals surface area contributed by atoms with Crippen LogP contribution < -0.4 is 11.5 Å². The summed E-state index contributed by atoms with van der Waals surface area (Å²) in [6.45, 7) is 0. The van der Waals surface area contributed by atoms with Crippen LogP contribution in [0.4, 0.5) is 0 Å². The van der Waals surface area contributed by atoms with Crippen molar-refractivity contribution >= 4 is 11.7 Å². The molecular formula is C24H32N4. The van der Waals surface area contributed by atoms with Crippen molar-refractivity contribution in [3.8, 4) is 0 Å². The molecular weight excluding hydrogens is 344 g/mol. The molecule has 1 saturated carbocycles. The fraction of sp³-hybridized carbons (Fsp3) is 0.417. The first-order valence-corrected chi connectivity index (χ1v) is 10.4. The molecule has 0 bridgehead atoms. The van der Waals surface area contributed by atoms with Crippen molar-refractivity contribution in [3.05, 3.63) is 70.8 Å². The third-order valence-electron chi connectivity index (χ3n) is 6.10. The number of aryl methyl sites for hydroxylation is 2. The number of rotatable bonds is 8. The van der Waals surface area contributed by atoms with Gasteiger partial charge in [0.05, 0.1) is 0 Å². The normalized spacial score (nSPS) is 19.3. The number of amidine groups is 2. The molecule has 0 aromatic heterocycles. The highest BCUT2D eigenvalue weighted by Gasteiger charge is 2.21. The second kappa shape index (κ2) is 9.54. The Balaban J connectivity index is 1.44. The maximum Gasteiger partial charge on any atom is 0.122 e. The highest BCUT2D eigenvalue weighted by atomic mass is 14.7. The van der Waals surface area contributed by atoms with Crippen molar-refractivity contribution < 1.29 is 0 Å². The van der Waals surface area contributed by atoms with Gasteiger partial charge in [0.25, 0.3) is 0 Å². The first-order valence-electron chi connectivity index (χ1n) is 10.4. The van der Waals surface area contributed by atoms with Crippen LogP contribution in [-0.4, -0.2) is 11.7 Å². The largest absolute Gasteiger partial charge is 0.384 e. The standard InChI is InChI=1S/C24H32N4/c25-23(26)21-12-8-17(9-13-21)4-6-19-2-1-3-20(16-19)7-5-18-10-14-22(15-11-18)24(27)28/h8-15,19-20H,1-7,16H2,(H3,25,26)(H3,27,28)/t19-,20?/m0/s1. The Morgan fingerprint density at radius 3 is 1.46 bits per heavy atom. The summed E-state index contributed by atoms with van der Waals surface area (Å²) in [4.78, 5) is 0. The van der Waals surface area contributed by atoms with E-state index in [0.29, 0.717) is 0 Å². The lowest BCUT2D eigenvalue weighted by molar-refractivity contribution is 0.244. The Bertz CT molecular complexity index is 725. The van der Waals surface area contributed by atoms with Crippen LogP contribution in [0.5, 0.6) is 0 Å². The van der Waals surface area contributed by atoms with Gasteiger partial charge in [-0.1, -0.05) is 67.8 Å². The van der Waals surface area contributed by atoms with Crippen molar-refractivity contribution in [1.29, 1.82) is 10.8 Å². The number of nitrogens with one attached hydrogen (secondary N) is 2. The highest BCUT2D eigenvalue weighted by molar-refractivity contribution is 5.95. The molecule has 0 heterocycles. The average molecular weight is 377 g/mol. The van der Waals surface area contributed by atoms with Gasteiger partial charge >= 0.3 is 0 Å². The molecule has 0 radical (unpaired) electrons. The van der Waals surface area contributed by atoms with E-state index in [4.69, 9.17) is 22.3 Å². The van der Waals surface area contributed by atoms with E-state index in [0.717, 1.165) is 35.8 Å². The van der Waals surface area contributed by atoms with Gasteiger partial charge in [0, 0.05) is 11.1 Å². The molecule has 4 heteroatoms. The van der Waals surface area contributed by atoms with E-state index in [-0.39, 0.29) is 11.7 Å². The quantitative estimate of drug-likeness (QED) is 0.399. The van der Waals surface area contributed by atoms with Gasteiger partial charge in [0.1, 0.15) is 11.7 Å². The average Bonchev–Trinajstić information content (AvgIpc) is 2.71. The summed E-state index contributed by atoms with van der Waals surface area (Å²) in [5.41, 5.74) is 15.4. The molecule has 4 nitrogen and oxygen atoms in total. The SMILES string of the molecule is N=C(N)c1ccc(CCC2CCC[C@@H](CCc3ccc(C(=N)N)cc3)C2)cc1. The summed E-state index contributed by atoms with van der Waals surface area (Å²) < 4.78 is 0. The minimum atomic E-state index is 0.137. The number of nitrogens with two attached hydrogens (primary N) is 2. The van der Waals surface area contributed by atoms with Crippen LogP contribution in [-0.2, 0) is 12.8 Å². The predicted molar refractivity (Wildman–Crippen MR) is 117 cm³/mol. The highest BCUT2D eigenvalue weighted by Crippen LogP contribution is 2.34. The van der Waals surface area contributed by atoms with Crippen LogP contribution in [0.2, 0.25) is 0 Å². The molecule has 0 aliphatic heterocycles. The van der Waals surface area contributed by atoms with Crippen LogP contribution in [0.1, 0.15) is 60.8 Å². The number of benzene rings is 2. The lowest BCUT2D eigenvalue weighted by atomic mass is 9.77. The zero-order valence-electron chi connectivity index (χ0n) is 16.6. The monoisotopic (exact) mass is 376 g/mol. The summed E-state index contributed by atoms with van der Waals surface area (Å²) in [5, 5.41) is 15.0. The fourth-order valence-electron chi connectivity index (χ4n) is 4.37. The maximum atomic E-state index is 7.48. The number of hydrogen-bond donors (Lipinski definition) is 4. The lowest BCUT2D eigenvalue weighted by Gasteiger charge is -2.29.